The number of methoxy groups -OCH3 is 2. The summed E-state index contributed by atoms with van der Waals surface area (Å²) in [5.74, 6) is 1.54. The van der Waals surface area contributed by atoms with E-state index < -0.39 is 0 Å². The van der Waals surface area contributed by atoms with E-state index in [1.54, 1.807) is 14.2 Å². The van der Waals surface area contributed by atoms with Crippen LogP contribution in [0, 0.1) is 6.92 Å². The lowest BCUT2D eigenvalue weighted by Gasteiger charge is -2.13. The van der Waals surface area contributed by atoms with Crippen LogP contribution in [0.2, 0.25) is 0 Å². The molecule has 18 heavy (non-hydrogen) atoms. The minimum absolute atomic E-state index is 0.762. The molecule has 94 valence electrons. The number of benzene rings is 2. The van der Waals surface area contributed by atoms with E-state index in [1.165, 1.54) is 5.56 Å². The standard InChI is InChI=1S/C15H17NO2/c1-11-6-4-5-7-13(11)16-14-9-8-12(17-2)10-15(14)18-3/h4-10,16H,1-3H3. The quantitative estimate of drug-likeness (QED) is 0.887. The third-order valence-electron chi connectivity index (χ3n) is 2.82. The van der Waals surface area contributed by atoms with Crippen LogP contribution in [0.4, 0.5) is 11.4 Å². The second-order valence-corrected chi connectivity index (χ2v) is 4.01. The number of ether oxygens (including phenoxy) is 2. The van der Waals surface area contributed by atoms with Crippen LogP contribution in [0.15, 0.2) is 42.5 Å². The summed E-state index contributed by atoms with van der Waals surface area (Å²) in [7, 11) is 3.29. The van der Waals surface area contributed by atoms with Gasteiger partial charge >= 0.3 is 0 Å². The van der Waals surface area contributed by atoms with Crippen LogP contribution in [-0.2, 0) is 0 Å². The van der Waals surface area contributed by atoms with Crippen molar-refractivity contribution in [2.45, 2.75) is 6.92 Å². The Bertz CT molecular complexity index is 538. The molecule has 2 aromatic carbocycles. The van der Waals surface area contributed by atoms with Crippen LogP contribution in [0.1, 0.15) is 5.56 Å². The number of hydrogen-bond donors (Lipinski definition) is 1. The van der Waals surface area contributed by atoms with Gasteiger partial charge in [-0.15, -0.1) is 0 Å². The van der Waals surface area contributed by atoms with Crippen LogP contribution in [-0.4, -0.2) is 14.2 Å². The minimum atomic E-state index is 0.762. The van der Waals surface area contributed by atoms with E-state index in [2.05, 4.69) is 18.3 Å². The normalized spacial score (nSPS) is 9.94. The number of hydrogen-bond acceptors (Lipinski definition) is 3. The van der Waals surface area contributed by atoms with Gasteiger partial charge in [-0.1, -0.05) is 18.2 Å². The Balaban J connectivity index is 2.32. The Morgan fingerprint density at radius 2 is 1.67 bits per heavy atom. The summed E-state index contributed by atoms with van der Waals surface area (Å²) < 4.78 is 10.5. The second kappa shape index (κ2) is 5.45. The average Bonchev–Trinajstić information content (AvgIpc) is 2.41. The molecule has 0 unspecified atom stereocenters. The number of anilines is 2. The van der Waals surface area contributed by atoms with Gasteiger partial charge in [0.2, 0.25) is 0 Å². The molecule has 0 aromatic heterocycles. The Morgan fingerprint density at radius 1 is 0.889 bits per heavy atom. The Hall–Kier alpha value is -2.16. The molecule has 3 heteroatoms. The Labute approximate surface area is 107 Å². The first-order chi connectivity index (χ1) is 8.74. The number of aryl methyl sites for hydroxylation is 1. The van der Waals surface area contributed by atoms with Gasteiger partial charge in [-0.2, -0.15) is 0 Å². The molecule has 0 spiro atoms. The first kappa shape index (κ1) is 12.3. The molecule has 0 atom stereocenters. The van der Waals surface area contributed by atoms with Crippen LogP contribution >= 0.6 is 0 Å². The highest BCUT2D eigenvalue weighted by molar-refractivity contribution is 5.69. The lowest BCUT2D eigenvalue weighted by atomic mass is 10.2. The van der Waals surface area contributed by atoms with E-state index in [9.17, 15) is 0 Å². The summed E-state index contributed by atoms with van der Waals surface area (Å²) in [6.07, 6.45) is 0. The molecule has 0 heterocycles. The first-order valence-electron chi connectivity index (χ1n) is 5.79. The maximum absolute atomic E-state index is 5.36. The fraction of sp³-hybridized carbons (Fsp3) is 0.200. The van der Waals surface area contributed by atoms with Gasteiger partial charge in [0.1, 0.15) is 11.5 Å². The predicted molar refractivity (Wildman–Crippen MR) is 74.0 cm³/mol. The maximum Gasteiger partial charge on any atom is 0.145 e. The number of rotatable bonds is 4. The maximum atomic E-state index is 5.36. The molecule has 2 rings (SSSR count). The monoisotopic (exact) mass is 243 g/mol. The minimum Gasteiger partial charge on any atom is -0.497 e. The second-order valence-electron chi connectivity index (χ2n) is 4.01. The molecule has 3 nitrogen and oxygen atoms in total. The number of para-hydroxylation sites is 1. The topological polar surface area (TPSA) is 30.5 Å². The van der Waals surface area contributed by atoms with Crippen molar-refractivity contribution >= 4 is 11.4 Å². The molecule has 0 fully saturated rings. The van der Waals surface area contributed by atoms with Gasteiger partial charge < -0.3 is 14.8 Å². The Morgan fingerprint density at radius 3 is 2.33 bits per heavy atom. The fourth-order valence-electron chi connectivity index (χ4n) is 1.76. The van der Waals surface area contributed by atoms with Gasteiger partial charge in [0, 0.05) is 11.8 Å². The van der Waals surface area contributed by atoms with Gasteiger partial charge in [0.15, 0.2) is 0 Å². The van der Waals surface area contributed by atoms with Crippen LogP contribution < -0.4 is 14.8 Å². The zero-order valence-corrected chi connectivity index (χ0v) is 10.9. The molecule has 0 bridgehead atoms. The van der Waals surface area contributed by atoms with Gasteiger partial charge in [-0.05, 0) is 30.7 Å². The highest BCUT2D eigenvalue weighted by Crippen LogP contribution is 2.32. The molecule has 1 N–H and O–H groups in total. The molecule has 2 aromatic rings. The van der Waals surface area contributed by atoms with Gasteiger partial charge in [0.25, 0.3) is 0 Å². The van der Waals surface area contributed by atoms with Crippen LogP contribution in [0.25, 0.3) is 0 Å². The van der Waals surface area contributed by atoms with E-state index in [1.807, 2.05) is 36.4 Å². The van der Waals surface area contributed by atoms with E-state index in [4.69, 9.17) is 9.47 Å². The average molecular weight is 243 g/mol. The van der Waals surface area contributed by atoms with Gasteiger partial charge in [-0.25, -0.2) is 0 Å². The molecular weight excluding hydrogens is 226 g/mol. The zero-order valence-electron chi connectivity index (χ0n) is 10.9. The third kappa shape index (κ3) is 2.56. The van der Waals surface area contributed by atoms with Crippen molar-refractivity contribution in [1.82, 2.24) is 0 Å². The summed E-state index contributed by atoms with van der Waals surface area (Å²) in [5, 5.41) is 3.36. The molecule has 0 aliphatic carbocycles. The summed E-state index contributed by atoms with van der Waals surface area (Å²) in [6, 6.07) is 13.8. The zero-order chi connectivity index (χ0) is 13.0. The van der Waals surface area contributed by atoms with Gasteiger partial charge in [0.05, 0.1) is 19.9 Å². The summed E-state index contributed by atoms with van der Waals surface area (Å²) in [5.41, 5.74) is 3.18. The SMILES string of the molecule is COc1ccc(Nc2ccccc2C)c(OC)c1. The largest absolute Gasteiger partial charge is 0.497 e. The van der Waals surface area contributed by atoms with Crippen LogP contribution in [0.3, 0.4) is 0 Å². The lowest BCUT2D eigenvalue weighted by molar-refractivity contribution is 0.395. The van der Waals surface area contributed by atoms with Crippen molar-refractivity contribution < 1.29 is 9.47 Å². The highest BCUT2D eigenvalue weighted by atomic mass is 16.5. The number of nitrogens with one attached hydrogen (secondary N) is 1. The molecule has 0 radical (unpaired) electrons. The van der Waals surface area contributed by atoms with Crippen LogP contribution in [0.5, 0.6) is 11.5 Å². The predicted octanol–water partition coefficient (Wildman–Crippen LogP) is 3.76. The van der Waals surface area contributed by atoms with Crippen molar-refractivity contribution in [3.05, 3.63) is 48.0 Å². The lowest BCUT2D eigenvalue weighted by Crippen LogP contribution is -1.96. The molecular formula is C15H17NO2. The fourth-order valence-corrected chi connectivity index (χ4v) is 1.76. The van der Waals surface area contributed by atoms with Gasteiger partial charge in [-0.3, -0.25) is 0 Å². The van der Waals surface area contributed by atoms with Crippen molar-refractivity contribution in [1.29, 1.82) is 0 Å². The molecule has 0 aliphatic rings. The highest BCUT2D eigenvalue weighted by Gasteiger charge is 2.06. The van der Waals surface area contributed by atoms with E-state index >= 15 is 0 Å². The van der Waals surface area contributed by atoms with Crippen molar-refractivity contribution in [3.8, 4) is 11.5 Å². The first-order valence-corrected chi connectivity index (χ1v) is 5.79. The molecule has 0 saturated heterocycles. The van der Waals surface area contributed by atoms with Crippen molar-refractivity contribution in [2.75, 3.05) is 19.5 Å². The summed E-state index contributed by atoms with van der Waals surface area (Å²) >= 11 is 0. The van der Waals surface area contributed by atoms with E-state index in [0.29, 0.717) is 0 Å². The third-order valence-corrected chi connectivity index (χ3v) is 2.82. The summed E-state index contributed by atoms with van der Waals surface area (Å²) in [4.78, 5) is 0. The molecule has 0 aliphatic heterocycles. The summed E-state index contributed by atoms with van der Waals surface area (Å²) in [6.45, 7) is 2.07. The van der Waals surface area contributed by atoms with Crippen molar-refractivity contribution in [3.63, 3.8) is 0 Å². The van der Waals surface area contributed by atoms with E-state index in [-0.39, 0.29) is 0 Å². The molecule has 0 amide bonds. The van der Waals surface area contributed by atoms with Crippen molar-refractivity contribution in [2.24, 2.45) is 0 Å². The Kier molecular flexibility index (Phi) is 3.72. The van der Waals surface area contributed by atoms with E-state index in [0.717, 1.165) is 22.9 Å². The smallest absolute Gasteiger partial charge is 0.145 e. The molecule has 0 saturated carbocycles.